The Morgan fingerprint density at radius 2 is 2.24 bits per heavy atom. The number of H-pyrrole nitrogens is 1. The van der Waals surface area contributed by atoms with E-state index in [1.807, 2.05) is 24.3 Å². The first kappa shape index (κ1) is 12.4. The Morgan fingerprint density at radius 1 is 1.38 bits per heavy atom. The minimum atomic E-state index is -0.141. The molecule has 1 aliphatic carbocycles. The summed E-state index contributed by atoms with van der Waals surface area (Å²) in [5.74, 6) is 1.36. The summed E-state index contributed by atoms with van der Waals surface area (Å²) in [6.45, 7) is 0.499. The molecule has 1 fully saturated rings. The molecule has 0 spiro atoms. The number of benzene rings is 1. The molecule has 5 nitrogen and oxygen atoms in total. The molecule has 1 amide bonds. The number of nitrogens with zero attached hydrogens (tertiary/aromatic N) is 1. The number of aromatic amines is 1. The molecule has 1 atom stereocenters. The molecule has 5 heteroatoms. The van der Waals surface area contributed by atoms with Crippen LogP contribution in [0.4, 0.5) is 0 Å². The van der Waals surface area contributed by atoms with E-state index in [2.05, 4.69) is 21.6 Å². The third-order valence-electron chi connectivity index (χ3n) is 4.05. The fraction of sp³-hybridized carbons (Fsp3) is 0.375. The van der Waals surface area contributed by atoms with Gasteiger partial charge in [0.2, 0.25) is 0 Å². The third kappa shape index (κ3) is 2.51. The zero-order valence-electron chi connectivity index (χ0n) is 11.6. The number of amides is 1. The molecule has 4 rings (SSSR count). The van der Waals surface area contributed by atoms with E-state index >= 15 is 0 Å². The number of ether oxygens (including phenoxy) is 1. The predicted octanol–water partition coefficient (Wildman–Crippen LogP) is 2.02. The molecule has 1 unspecified atom stereocenters. The van der Waals surface area contributed by atoms with Crippen molar-refractivity contribution in [2.45, 2.75) is 31.3 Å². The van der Waals surface area contributed by atoms with Gasteiger partial charge in [0.25, 0.3) is 5.91 Å². The highest BCUT2D eigenvalue weighted by atomic mass is 16.5. The lowest BCUT2D eigenvalue weighted by Gasteiger charge is -2.10. The molecule has 1 aromatic heterocycles. The molecule has 1 aliphatic heterocycles. The summed E-state index contributed by atoms with van der Waals surface area (Å²) < 4.78 is 5.80. The summed E-state index contributed by atoms with van der Waals surface area (Å²) in [6.07, 6.45) is 3.23. The van der Waals surface area contributed by atoms with E-state index in [1.54, 1.807) is 0 Å². The van der Waals surface area contributed by atoms with E-state index < -0.39 is 0 Å². The van der Waals surface area contributed by atoms with Crippen LogP contribution in [0.5, 0.6) is 5.75 Å². The average Bonchev–Trinajstić information content (AvgIpc) is 3.09. The number of nitrogens with one attached hydrogen (secondary N) is 2. The first-order chi connectivity index (χ1) is 10.3. The van der Waals surface area contributed by atoms with Crippen molar-refractivity contribution in [3.8, 4) is 5.75 Å². The topological polar surface area (TPSA) is 67.0 Å². The maximum Gasteiger partial charge on any atom is 0.271 e. The molecule has 2 N–H and O–H groups in total. The Labute approximate surface area is 122 Å². The molecule has 2 aromatic rings. The Balaban J connectivity index is 1.33. The van der Waals surface area contributed by atoms with E-state index in [-0.39, 0.29) is 12.0 Å². The fourth-order valence-electron chi connectivity index (χ4n) is 2.72. The van der Waals surface area contributed by atoms with Gasteiger partial charge >= 0.3 is 0 Å². The summed E-state index contributed by atoms with van der Waals surface area (Å²) >= 11 is 0. The van der Waals surface area contributed by atoms with Crippen molar-refractivity contribution >= 4 is 5.91 Å². The number of carbonyl (C=O) groups is 1. The lowest BCUT2D eigenvalue weighted by molar-refractivity contribution is 0.0928. The normalized spacial score (nSPS) is 19.9. The molecule has 0 radical (unpaired) electrons. The molecule has 1 aromatic carbocycles. The number of fused-ring (bicyclic) bond motifs is 1. The van der Waals surface area contributed by atoms with Crippen LogP contribution < -0.4 is 10.1 Å². The van der Waals surface area contributed by atoms with E-state index in [1.165, 1.54) is 18.4 Å². The van der Waals surface area contributed by atoms with Gasteiger partial charge < -0.3 is 10.1 Å². The summed E-state index contributed by atoms with van der Waals surface area (Å²) in [6, 6.07) is 9.85. The van der Waals surface area contributed by atoms with Crippen LogP contribution in [0.25, 0.3) is 0 Å². The average molecular weight is 283 g/mol. The highest BCUT2D eigenvalue weighted by molar-refractivity contribution is 5.92. The van der Waals surface area contributed by atoms with Crippen LogP contribution in [0.2, 0.25) is 0 Å². The van der Waals surface area contributed by atoms with Crippen molar-refractivity contribution in [2.24, 2.45) is 0 Å². The van der Waals surface area contributed by atoms with Crippen molar-refractivity contribution in [3.63, 3.8) is 0 Å². The lowest BCUT2D eigenvalue weighted by Crippen LogP contribution is -2.34. The van der Waals surface area contributed by atoms with Crippen LogP contribution in [0.15, 0.2) is 30.3 Å². The Hall–Kier alpha value is -2.30. The summed E-state index contributed by atoms with van der Waals surface area (Å²) in [5, 5.41) is 9.93. The second kappa shape index (κ2) is 4.91. The zero-order chi connectivity index (χ0) is 14.2. The van der Waals surface area contributed by atoms with Gasteiger partial charge in [0.15, 0.2) is 0 Å². The van der Waals surface area contributed by atoms with Gasteiger partial charge in [-0.2, -0.15) is 5.10 Å². The minimum absolute atomic E-state index is 0.00759. The lowest BCUT2D eigenvalue weighted by atomic mass is 10.1. The van der Waals surface area contributed by atoms with Gasteiger partial charge in [0, 0.05) is 18.0 Å². The Bertz CT molecular complexity index is 651. The first-order valence-electron chi connectivity index (χ1n) is 7.37. The molecular weight excluding hydrogens is 266 g/mol. The van der Waals surface area contributed by atoms with Gasteiger partial charge in [-0.3, -0.25) is 9.89 Å². The summed E-state index contributed by atoms with van der Waals surface area (Å²) in [4.78, 5) is 12.1. The molecule has 2 aliphatic rings. The molecule has 21 heavy (non-hydrogen) atoms. The number of para-hydroxylation sites is 1. The highest BCUT2D eigenvalue weighted by Crippen LogP contribution is 2.39. The van der Waals surface area contributed by atoms with E-state index in [4.69, 9.17) is 4.74 Å². The molecule has 0 bridgehead atoms. The van der Waals surface area contributed by atoms with Crippen LogP contribution in [-0.2, 0) is 6.42 Å². The highest BCUT2D eigenvalue weighted by Gasteiger charge is 2.27. The SMILES string of the molecule is O=C(NCC1Cc2ccccc2O1)c1cc(C2CC2)[nH]n1. The smallest absolute Gasteiger partial charge is 0.271 e. The molecule has 1 saturated carbocycles. The van der Waals surface area contributed by atoms with E-state index in [0.29, 0.717) is 18.2 Å². The monoisotopic (exact) mass is 283 g/mol. The molecule has 108 valence electrons. The quantitative estimate of drug-likeness (QED) is 0.902. The third-order valence-corrected chi connectivity index (χ3v) is 4.05. The van der Waals surface area contributed by atoms with E-state index in [0.717, 1.165) is 17.9 Å². The second-order valence-electron chi connectivity index (χ2n) is 5.74. The van der Waals surface area contributed by atoms with Gasteiger partial charge in [0.05, 0.1) is 6.54 Å². The number of carbonyl (C=O) groups excluding carboxylic acids is 1. The van der Waals surface area contributed by atoms with Crippen LogP contribution in [-0.4, -0.2) is 28.8 Å². The van der Waals surface area contributed by atoms with Gasteiger partial charge in [-0.05, 0) is 30.5 Å². The van der Waals surface area contributed by atoms with Crippen molar-refractivity contribution in [1.82, 2.24) is 15.5 Å². The first-order valence-corrected chi connectivity index (χ1v) is 7.37. The predicted molar refractivity (Wildman–Crippen MR) is 77.5 cm³/mol. The van der Waals surface area contributed by atoms with Gasteiger partial charge in [-0.1, -0.05) is 18.2 Å². The molecule has 0 saturated heterocycles. The van der Waals surface area contributed by atoms with E-state index in [9.17, 15) is 4.79 Å². The largest absolute Gasteiger partial charge is 0.488 e. The summed E-state index contributed by atoms with van der Waals surface area (Å²) in [5.41, 5.74) is 2.74. The van der Waals surface area contributed by atoms with Crippen molar-refractivity contribution < 1.29 is 9.53 Å². The second-order valence-corrected chi connectivity index (χ2v) is 5.74. The van der Waals surface area contributed by atoms with Gasteiger partial charge in [0.1, 0.15) is 17.5 Å². The minimum Gasteiger partial charge on any atom is -0.488 e. The fourth-order valence-corrected chi connectivity index (χ4v) is 2.72. The molecular formula is C16H17N3O2. The standard InChI is InChI=1S/C16H17N3O2/c20-16(14-8-13(18-19-14)10-5-6-10)17-9-12-7-11-3-1-2-4-15(11)21-12/h1-4,8,10,12H,5-7,9H2,(H,17,20)(H,18,19). The van der Waals surface area contributed by atoms with Crippen molar-refractivity contribution in [3.05, 3.63) is 47.3 Å². The number of hydrogen-bond donors (Lipinski definition) is 2. The van der Waals surface area contributed by atoms with Crippen LogP contribution >= 0.6 is 0 Å². The summed E-state index contributed by atoms with van der Waals surface area (Å²) in [7, 11) is 0. The van der Waals surface area contributed by atoms with Crippen LogP contribution in [0, 0.1) is 0 Å². The van der Waals surface area contributed by atoms with Gasteiger partial charge in [-0.15, -0.1) is 0 Å². The van der Waals surface area contributed by atoms with Crippen molar-refractivity contribution in [2.75, 3.05) is 6.54 Å². The maximum absolute atomic E-state index is 12.1. The maximum atomic E-state index is 12.1. The van der Waals surface area contributed by atoms with Crippen LogP contribution in [0.3, 0.4) is 0 Å². The molecule has 2 heterocycles. The Morgan fingerprint density at radius 3 is 3.05 bits per heavy atom. The number of rotatable bonds is 4. The Kier molecular flexibility index (Phi) is 2.91. The number of aromatic nitrogens is 2. The van der Waals surface area contributed by atoms with Crippen molar-refractivity contribution in [1.29, 1.82) is 0 Å². The van der Waals surface area contributed by atoms with Crippen LogP contribution in [0.1, 0.15) is 40.5 Å². The zero-order valence-corrected chi connectivity index (χ0v) is 11.6. The number of hydrogen-bond acceptors (Lipinski definition) is 3. The van der Waals surface area contributed by atoms with Gasteiger partial charge in [-0.25, -0.2) is 0 Å².